The lowest BCUT2D eigenvalue weighted by Crippen LogP contribution is -2.25. The molecule has 116 valence electrons. The van der Waals surface area contributed by atoms with Gasteiger partial charge < -0.3 is 16.0 Å². The highest BCUT2D eigenvalue weighted by molar-refractivity contribution is 6.07. The molecule has 0 unspecified atom stereocenters. The number of rotatable bonds is 5. The molecule has 0 spiro atoms. The quantitative estimate of drug-likeness (QED) is 0.430. The highest BCUT2D eigenvalue weighted by Gasteiger charge is 2.08. The van der Waals surface area contributed by atoms with Crippen molar-refractivity contribution in [2.24, 2.45) is 5.73 Å². The lowest BCUT2D eigenvalue weighted by molar-refractivity contribution is 0.0954. The average Bonchev–Trinajstić information content (AvgIpc) is 2.99. The van der Waals surface area contributed by atoms with E-state index in [0.29, 0.717) is 17.7 Å². The number of hydrogen-bond acceptors (Lipinski definition) is 2. The number of amidine groups is 1. The first-order valence-corrected chi connectivity index (χ1v) is 7.43. The van der Waals surface area contributed by atoms with E-state index in [1.165, 1.54) is 0 Å². The molecule has 0 aliphatic carbocycles. The molecule has 1 amide bonds. The van der Waals surface area contributed by atoms with Crippen LogP contribution < -0.4 is 11.1 Å². The van der Waals surface area contributed by atoms with Gasteiger partial charge in [0, 0.05) is 34.8 Å². The Labute approximate surface area is 134 Å². The Bertz CT molecular complexity index is 852. The van der Waals surface area contributed by atoms with E-state index < -0.39 is 0 Å². The van der Waals surface area contributed by atoms with Gasteiger partial charge in [-0.1, -0.05) is 24.3 Å². The van der Waals surface area contributed by atoms with Gasteiger partial charge in [-0.2, -0.15) is 0 Å². The van der Waals surface area contributed by atoms with E-state index in [1.54, 1.807) is 18.3 Å². The third-order valence-corrected chi connectivity index (χ3v) is 3.77. The molecule has 0 radical (unpaired) electrons. The van der Waals surface area contributed by atoms with Crippen molar-refractivity contribution in [2.75, 3.05) is 6.54 Å². The molecule has 5 heteroatoms. The zero-order valence-electron chi connectivity index (χ0n) is 12.6. The number of fused-ring (bicyclic) bond motifs is 1. The summed E-state index contributed by atoms with van der Waals surface area (Å²) in [4.78, 5) is 15.1. The number of carbonyl (C=O) groups is 1. The first kappa shape index (κ1) is 14.8. The summed E-state index contributed by atoms with van der Waals surface area (Å²) < 4.78 is 0. The maximum atomic E-state index is 12.0. The molecule has 1 heterocycles. The second-order valence-corrected chi connectivity index (χ2v) is 5.37. The minimum Gasteiger partial charge on any atom is -0.384 e. The molecule has 0 atom stereocenters. The fourth-order valence-corrected chi connectivity index (χ4v) is 2.56. The molecule has 5 N–H and O–H groups in total. The van der Waals surface area contributed by atoms with E-state index in [-0.39, 0.29) is 11.7 Å². The Morgan fingerprint density at radius 3 is 2.70 bits per heavy atom. The molecule has 0 bridgehead atoms. The van der Waals surface area contributed by atoms with Gasteiger partial charge >= 0.3 is 0 Å². The molecule has 3 rings (SSSR count). The molecular weight excluding hydrogens is 288 g/mol. The van der Waals surface area contributed by atoms with Crippen LogP contribution in [-0.2, 0) is 6.42 Å². The topological polar surface area (TPSA) is 94.8 Å². The maximum Gasteiger partial charge on any atom is 0.251 e. The van der Waals surface area contributed by atoms with Crippen molar-refractivity contribution >= 4 is 22.6 Å². The number of carbonyl (C=O) groups excluding carboxylic acids is 1. The lowest BCUT2D eigenvalue weighted by atomic mass is 10.1. The van der Waals surface area contributed by atoms with E-state index in [0.717, 1.165) is 22.9 Å². The number of H-pyrrole nitrogens is 1. The predicted molar refractivity (Wildman–Crippen MR) is 91.8 cm³/mol. The van der Waals surface area contributed by atoms with E-state index in [9.17, 15) is 4.79 Å². The molecule has 0 fully saturated rings. The van der Waals surface area contributed by atoms with Gasteiger partial charge in [-0.3, -0.25) is 10.2 Å². The van der Waals surface area contributed by atoms with Crippen LogP contribution in [0, 0.1) is 5.41 Å². The summed E-state index contributed by atoms with van der Waals surface area (Å²) in [5.41, 5.74) is 8.99. The Morgan fingerprint density at radius 2 is 1.96 bits per heavy atom. The molecule has 1 aromatic heterocycles. The smallest absolute Gasteiger partial charge is 0.251 e. The van der Waals surface area contributed by atoms with Crippen LogP contribution in [0.5, 0.6) is 0 Å². The van der Waals surface area contributed by atoms with Gasteiger partial charge in [0.1, 0.15) is 5.84 Å². The number of benzene rings is 2. The summed E-state index contributed by atoms with van der Waals surface area (Å²) in [5.74, 6) is -0.0245. The minimum atomic E-state index is -0.0715. The van der Waals surface area contributed by atoms with Crippen molar-refractivity contribution in [1.29, 1.82) is 5.41 Å². The highest BCUT2D eigenvalue weighted by atomic mass is 16.1. The Kier molecular flexibility index (Phi) is 4.10. The zero-order chi connectivity index (χ0) is 16.2. The average molecular weight is 306 g/mol. The second kappa shape index (κ2) is 6.36. The predicted octanol–water partition coefficient (Wildman–Crippen LogP) is 2.42. The van der Waals surface area contributed by atoms with Crippen LogP contribution in [0.4, 0.5) is 0 Å². The highest BCUT2D eigenvalue weighted by Crippen LogP contribution is 2.19. The van der Waals surface area contributed by atoms with E-state index in [1.807, 2.05) is 36.4 Å². The van der Waals surface area contributed by atoms with Crippen LogP contribution in [0.1, 0.15) is 21.5 Å². The lowest BCUT2D eigenvalue weighted by Gasteiger charge is -2.06. The number of nitrogen functional groups attached to an aromatic ring is 1. The van der Waals surface area contributed by atoms with Crippen molar-refractivity contribution in [3.05, 3.63) is 71.4 Å². The van der Waals surface area contributed by atoms with Crippen LogP contribution in [0.25, 0.3) is 10.9 Å². The molecule has 2 aromatic carbocycles. The van der Waals surface area contributed by atoms with Crippen molar-refractivity contribution in [1.82, 2.24) is 10.3 Å². The zero-order valence-corrected chi connectivity index (χ0v) is 12.6. The number of amides is 1. The molecule has 3 aromatic rings. The third-order valence-electron chi connectivity index (χ3n) is 3.77. The molecule has 0 aliphatic heterocycles. The Morgan fingerprint density at radius 1 is 1.17 bits per heavy atom. The van der Waals surface area contributed by atoms with E-state index >= 15 is 0 Å². The SMILES string of the molecule is N=C(N)c1c[nH]c2ccc(CCNC(=O)c3ccccc3)cc12. The third kappa shape index (κ3) is 3.23. The van der Waals surface area contributed by atoms with Gasteiger partial charge in [0.15, 0.2) is 0 Å². The largest absolute Gasteiger partial charge is 0.384 e. The maximum absolute atomic E-state index is 12.0. The van der Waals surface area contributed by atoms with Gasteiger partial charge in [-0.05, 0) is 36.2 Å². The van der Waals surface area contributed by atoms with Gasteiger partial charge in [0.2, 0.25) is 0 Å². The van der Waals surface area contributed by atoms with Crippen molar-refractivity contribution in [3.63, 3.8) is 0 Å². The summed E-state index contributed by atoms with van der Waals surface area (Å²) in [6, 6.07) is 15.1. The minimum absolute atomic E-state index is 0.0470. The fraction of sp³-hybridized carbons (Fsp3) is 0.111. The van der Waals surface area contributed by atoms with Crippen LogP contribution >= 0.6 is 0 Å². The van der Waals surface area contributed by atoms with Crippen LogP contribution in [0.3, 0.4) is 0 Å². The molecule has 23 heavy (non-hydrogen) atoms. The van der Waals surface area contributed by atoms with Crippen LogP contribution in [0.2, 0.25) is 0 Å². The Balaban J connectivity index is 1.66. The van der Waals surface area contributed by atoms with Gasteiger partial charge in [-0.25, -0.2) is 0 Å². The first-order chi connectivity index (χ1) is 11.1. The monoisotopic (exact) mass is 306 g/mol. The van der Waals surface area contributed by atoms with Gasteiger partial charge in [0.25, 0.3) is 5.91 Å². The summed E-state index contributed by atoms with van der Waals surface area (Å²) in [5, 5.41) is 11.4. The molecule has 0 aliphatic rings. The van der Waals surface area contributed by atoms with Crippen molar-refractivity contribution < 1.29 is 4.79 Å². The number of aromatic nitrogens is 1. The summed E-state index contributed by atoms with van der Waals surface area (Å²) in [7, 11) is 0. The van der Waals surface area contributed by atoms with E-state index in [2.05, 4.69) is 10.3 Å². The van der Waals surface area contributed by atoms with Gasteiger partial charge in [0.05, 0.1) is 0 Å². The van der Waals surface area contributed by atoms with Crippen LogP contribution in [-0.4, -0.2) is 23.3 Å². The number of nitrogens with one attached hydrogen (secondary N) is 3. The molecule has 0 saturated carbocycles. The molecule has 5 nitrogen and oxygen atoms in total. The standard InChI is InChI=1S/C18H18N4O/c19-17(20)15-11-22-16-7-6-12(10-14(15)16)8-9-21-18(23)13-4-2-1-3-5-13/h1-7,10-11,22H,8-9H2,(H3,19,20)(H,21,23). The molecule has 0 saturated heterocycles. The number of aromatic amines is 1. The second-order valence-electron chi connectivity index (χ2n) is 5.37. The summed E-state index contributed by atoms with van der Waals surface area (Å²) >= 11 is 0. The normalized spacial score (nSPS) is 10.6. The van der Waals surface area contributed by atoms with Crippen molar-refractivity contribution in [2.45, 2.75) is 6.42 Å². The molecular formula is C18H18N4O. The Hall–Kier alpha value is -3.08. The van der Waals surface area contributed by atoms with Crippen molar-refractivity contribution in [3.8, 4) is 0 Å². The summed E-state index contributed by atoms with van der Waals surface area (Å²) in [6.07, 6.45) is 2.46. The van der Waals surface area contributed by atoms with Crippen LogP contribution in [0.15, 0.2) is 54.7 Å². The first-order valence-electron chi connectivity index (χ1n) is 7.43. The van der Waals surface area contributed by atoms with E-state index in [4.69, 9.17) is 11.1 Å². The number of hydrogen-bond donors (Lipinski definition) is 4. The summed E-state index contributed by atoms with van der Waals surface area (Å²) in [6.45, 7) is 0.555. The fourth-order valence-electron chi connectivity index (χ4n) is 2.56. The number of nitrogens with two attached hydrogens (primary N) is 1. The van der Waals surface area contributed by atoms with Gasteiger partial charge in [-0.15, -0.1) is 0 Å².